The average molecular weight is 552 g/mol. The third-order valence-corrected chi connectivity index (χ3v) is 8.78. The molecule has 0 saturated heterocycles. The van der Waals surface area contributed by atoms with Crippen LogP contribution in [-0.4, -0.2) is 0 Å². The van der Waals surface area contributed by atoms with Crippen LogP contribution >= 0.6 is 0 Å². The van der Waals surface area contributed by atoms with Gasteiger partial charge in [-0.15, -0.1) is 34.5 Å². The van der Waals surface area contributed by atoms with Crippen molar-refractivity contribution < 1.29 is 51.0 Å². The fourth-order valence-corrected chi connectivity index (χ4v) is 7.75. The molecule has 0 N–H and O–H groups in total. The molecule has 0 spiro atoms. The van der Waals surface area contributed by atoms with E-state index < -0.39 is 0 Å². The first-order chi connectivity index (χ1) is 14.8. The third-order valence-electron chi connectivity index (χ3n) is 8.78. The molecule has 33 heavy (non-hydrogen) atoms. The fraction of sp³-hybridized carbons (Fsp3) is 0.367. The zero-order valence-corrected chi connectivity index (χ0v) is 22.8. The average Bonchev–Trinajstić information content (AvgIpc) is 3.18. The third kappa shape index (κ3) is 4.28. The van der Waals surface area contributed by atoms with Gasteiger partial charge in [-0.05, 0) is 84.5 Å². The van der Waals surface area contributed by atoms with Crippen molar-refractivity contribution in [2.75, 3.05) is 0 Å². The maximum atomic E-state index is 2.53. The van der Waals surface area contributed by atoms with E-state index in [1.165, 1.54) is 64.8 Å². The molecule has 0 atom stereocenters. The quantitative estimate of drug-likeness (QED) is 0.342. The van der Waals surface area contributed by atoms with E-state index in [0.717, 1.165) is 29.6 Å². The van der Waals surface area contributed by atoms with Crippen LogP contribution in [0.3, 0.4) is 0 Å². The topological polar surface area (TPSA) is 0 Å². The number of rotatable bonds is 3. The molecular weight excluding hydrogens is 522 g/mol. The van der Waals surface area contributed by atoms with Crippen molar-refractivity contribution in [1.82, 2.24) is 0 Å². The maximum absolute atomic E-state index is 2.53. The minimum absolute atomic E-state index is 0. The van der Waals surface area contributed by atoms with Gasteiger partial charge >= 0.3 is 26.2 Å². The summed E-state index contributed by atoms with van der Waals surface area (Å²) >= 11 is 0. The molecule has 4 aliphatic rings. The SMILES string of the molecule is [Cl-].[Cl-].[Zr+3].c1ccc2c(-c3cccc4[cH-]c(CC5C6CC7CC(C6)CC5C7)cc34)cccc2c1. The minimum Gasteiger partial charge on any atom is -1.00 e. The summed E-state index contributed by atoms with van der Waals surface area (Å²) in [6.07, 6.45) is 8.96. The zero-order chi connectivity index (χ0) is 19.7. The number of halogens is 2. The Hall–Kier alpha value is -1.01. The maximum Gasteiger partial charge on any atom is 3.00 e. The predicted molar refractivity (Wildman–Crippen MR) is 127 cm³/mol. The Morgan fingerprint density at radius 1 is 0.667 bits per heavy atom. The summed E-state index contributed by atoms with van der Waals surface area (Å²) in [7, 11) is 0. The summed E-state index contributed by atoms with van der Waals surface area (Å²) in [5.41, 5.74) is 4.33. The number of hydrogen-bond acceptors (Lipinski definition) is 0. The van der Waals surface area contributed by atoms with Crippen LogP contribution in [0.4, 0.5) is 0 Å². The predicted octanol–water partition coefficient (Wildman–Crippen LogP) is 2.00. The van der Waals surface area contributed by atoms with Crippen LogP contribution in [0, 0.1) is 29.6 Å². The van der Waals surface area contributed by atoms with E-state index in [4.69, 9.17) is 0 Å². The summed E-state index contributed by atoms with van der Waals surface area (Å²) in [4.78, 5) is 0. The Kier molecular flexibility index (Phi) is 7.55. The van der Waals surface area contributed by atoms with Gasteiger partial charge in [0.1, 0.15) is 0 Å². The molecule has 3 heteroatoms. The molecule has 1 radical (unpaired) electrons. The molecule has 8 rings (SSSR count). The first-order valence-corrected chi connectivity index (χ1v) is 12.0. The van der Waals surface area contributed by atoms with Crippen LogP contribution in [0.25, 0.3) is 32.7 Å². The molecule has 4 aromatic rings. The van der Waals surface area contributed by atoms with Crippen LogP contribution < -0.4 is 24.8 Å². The summed E-state index contributed by atoms with van der Waals surface area (Å²) < 4.78 is 0. The molecule has 0 unspecified atom stereocenters. The van der Waals surface area contributed by atoms with Gasteiger partial charge < -0.3 is 24.8 Å². The number of benzene rings is 3. The van der Waals surface area contributed by atoms with Crippen LogP contribution in [0.5, 0.6) is 0 Å². The van der Waals surface area contributed by atoms with Crippen molar-refractivity contribution in [2.45, 2.75) is 38.5 Å². The molecule has 4 saturated carbocycles. The van der Waals surface area contributed by atoms with Crippen molar-refractivity contribution in [3.8, 4) is 11.1 Å². The summed E-state index contributed by atoms with van der Waals surface area (Å²) in [6, 6.07) is 27.4. The van der Waals surface area contributed by atoms with Crippen LogP contribution in [0.2, 0.25) is 0 Å². The zero-order valence-electron chi connectivity index (χ0n) is 18.8. The Bertz CT molecular complexity index is 1220. The first kappa shape index (κ1) is 25.1. The van der Waals surface area contributed by atoms with Crippen molar-refractivity contribution in [1.29, 1.82) is 0 Å². The molecule has 4 aliphatic carbocycles. The normalized spacial score (nSPS) is 27.1. The molecule has 4 fully saturated rings. The van der Waals surface area contributed by atoms with Crippen molar-refractivity contribution in [3.63, 3.8) is 0 Å². The molecule has 4 aromatic carbocycles. The number of fused-ring (bicyclic) bond motifs is 2. The first-order valence-electron chi connectivity index (χ1n) is 12.0. The van der Waals surface area contributed by atoms with Crippen LogP contribution in [0.15, 0.2) is 72.8 Å². The van der Waals surface area contributed by atoms with E-state index in [9.17, 15) is 0 Å². The molecule has 0 amide bonds. The molecule has 0 aromatic heterocycles. The van der Waals surface area contributed by atoms with Gasteiger partial charge in [-0.2, -0.15) is 6.07 Å². The van der Waals surface area contributed by atoms with E-state index in [1.54, 1.807) is 12.0 Å². The second-order valence-corrected chi connectivity index (χ2v) is 10.5. The number of hydrogen-bond donors (Lipinski definition) is 0. The Morgan fingerprint density at radius 3 is 2.00 bits per heavy atom. The van der Waals surface area contributed by atoms with Gasteiger partial charge in [-0.1, -0.05) is 54.1 Å². The van der Waals surface area contributed by atoms with E-state index in [-0.39, 0.29) is 51.0 Å². The van der Waals surface area contributed by atoms with Crippen LogP contribution in [-0.2, 0) is 32.6 Å². The van der Waals surface area contributed by atoms with E-state index in [2.05, 4.69) is 72.8 Å². The Labute approximate surface area is 228 Å². The fourth-order valence-electron chi connectivity index (χ4n) is 7.75. The van der Waals surface area contributed by atoms with Crippen molar-refractivity contribution in [3.05, 3.63) is 78.4 Å². The van der Waals surface area contributed by atoms with E-state index >= 15 is 0 Å². The Morgan fingerprint density at radius 2 is 1.27 bits per heavy atom. The van der Waals surface area contributed by atoms with E-state index in [1.807, 2.05) is 0 Å². The van der Waals surface area contributed by atoms with E-state index in [0.29, 0.717) is 0 Å². The minimum atomic E-state index is 0. The van der Waals surface area contributed by atoms with Gasteiger partial charge in [0.05, 0.1) is 0 Å². The summed E-state index contributed by atoms with van der Waals surface area (Å²) in [5.74, 6) is 5.10. The molecule has 0 nitrogen and oxygen atoms in total. The van der Waals surface area contributed by atoms with Gasteiger partial charge in [0.2, 0.25) is 0 Å². The van der Waals surface area contributed by atoms with Gasteiger partial charge in [0, 0.05) is 0 Å². The van der Waals surface area contributed by atoms with Crippen molar-refractivity contribution in [2.24, 2.45) is 29.6 Å². The second-order valence-electron chi connectivity index (χ2n) is 10.5. The largest absolute Gasteiger partial charge is 3.00 e. The monoisotopic (exact) mass is 549 g/mol. The second kappa shape index (κ2) is 9.93. The van der Waals surface area contributed by atoms with Gasteiger partial charge in [-0.25, -0.2) is 0 Å². The summed E-state index contributed by atoms with van der Waals surface area (Å²) in [5, 5.41) is 5.54. The summed E-state index contributed by atoms with van der Waals surface area (Å²) in [6.45, 7) is 0. The van der Waals surface area contributed by atoms with Gasteiger partial charge in [-0.3, -0.25) is 0 Å². The standard InChI is InChI=1S/C30H29.2ClH.Zr/c1-2-8-26-22(5-1)6-3-9-27(26)28-10-4-7-23-12-21(18-30(23)28)17-29-24-13-19-11-20(15-24)16-25(29)14-19;;;/h1-10,12,18-20,24-25,29H,11,13-17H2;2*1H;/q-1;;;+3/p-2. The van der Waals surface area contributed by atoms with Gasteiger partial charge in [0.15, 0.2) is 0 Å². The molecule has 0 aliphatic heterocycles. The van der Waals surface area contributed by atoms with Gasteiger partial charge in [0.25, 0.3) is 0 Å². The Balaban J connectivity index is 0.000000864. The van der Waals surface area contributed by atoms with Crippen LogP contribution in [0.1, 0.15) is 37.7 Å². The smallest absolute Gasteiger partial charge is 1.00 e. The van der Waals surface area contributed by atoms with Crippen molar-refractivity contribution >= 4 is 21.5 Å². The molecule has 4 bridgehead atoms. The molecular formula is C30H29Cl2Zr. The molecule has 167 valence electrons. The molecule has 0 heterocycles.